The minimum Gasteiger partial charge on any atom is -0.488 e. The quantitative estimate of drug-likeness (QED) is 0.155. The molecule has 0 aliphatic carbocycles. The summed E-state index contributed by atoms with van der Waals surface area (Å²) in [5.41, 5.74) is 3.85. The number of aromatic amines is 2. The highest BCUT2D eigenvalue weighted by Gasteiger charge is 2.58. The van der Waals surface area contributed by atoms with Crippen LogP contribution in [0, 0.1) is 11.3 Å². The average Bonchev–Trinajstić information content (AvgIpc) is 3.93. The molecule has 0 radical (unpaired) electrons. The molecule has 2 saturated heterocycles. The normalized spacial score (nSPS) is 22.5. The third-order valence-electron chi connectivity index (χ3n) is 11.6. The number of aromatic nitrogens is 4. The van der Waals surface area contributed by atoms with Gasteiger partial charge in [-0.15, -0.1) is 0 Å². The fourth-order valence-corrected chi connectivity index (χ4v) is 9.04. The predicted molar refractivity (Wildman–Crippen MR) is 206 cm³/mol. The summed E-state index contributed by atoms with van der Waals surface area (Å²) in [6.07, 6.45) is 2.26. The minimum absolute atomic E-state index is 0.0385. The van der Waals surface area contributed by atoms with Crippen LogP contribution in [0.15, 0.2) is 48.7 Å². The van der Waals surface area contributed by atoms with E-state index in [4.69, 9.17) is 19.4 Å². The first kappa shape index (κ1) is 37.7. The lowest BCUT2D eigenvalue weighted by molar-refractivity contribution is -0.137. The van der Waals surface area contributed by atoms with Gasteiger partial charge in [0.15, 0.2) is 0 Å². The minimum atomic E-state index is -2.94. The Balaban J connectivity index is 1.10. The zero-order chi connectivity index (χ0) is 39.9. The maximum absolute atomic E-state index is 13.1. The first-order chi connectivity index (χ1) is 26.4. The zero-order valence-electron chi connectivity index (χ0n) is 32.7. The van der Waals surface area contributed by atoms with Crippen molar-refractivity contribution in [1.29, 1.82) is 0 Å². The molecule has 5 heterocycles. The molecule has 56 heavy (non-hydrogen) atoms. The van der Waals surface area contributed by atoms with Crippen molar-refractivity contribution >= 4 is 34.0 Å². The first-order valence-corrected chi connectivity index (χ1v) is 19.1. The van der Waals surface area contributed by atoms with Gasteiger partial charge in [-0.05, 0) is 98.7 Å². The number of nitrogens with one attached hydrogen (secondary N) is 2. The van der Waals surface area contributed by atoms with Gasteiger partial charge in [0.1, 0.15) is 35.1 Å². The molecule has 296 valence electrons. The van der Waals surface area contributed by atoms with E-state index in [2.05, 4.69) is 39.0 Å². The number of hydrogen-bond acceptors (Lipinski definition) is 7. The molecule has 0 bridgehead atoms. The highest BCUT2D eigenvalue weighted by molar-refractivity contribution is 6.07. The number of likely N-dealkylation sites (tertiary alicyclic amines) is 2. The van der Waals surface area contributed by atoms with Gasteiger partial charge in [-0.25, -0.2) is 19.6 Å². The molecule has 3 N–H and O–H groups in total. The number of ether oxygens (including phenoxy) is 3. The Bertz CT molecular complexity index is 2340. The Morgan fingerprint density at radius 2 is 1.84 bits per heavy atom. The Morgan fingerprint density at radius 1 is 1.05 bits per heavy atom. The Kier molecular flexibility index (Phi) is 9.05. The van der Waals surface area contributed by atoms with E-state index < -0.39 is 35.2 Å². The van der Waals surface area contributed by atoms with Gasteiger partial charge in [0, 0.05) is 29.5 Å². The SMILES string of the molecule is C[C@H]1CC[C@@H](c2ncc(-c3ccc4c(c3)COc3cc5c(ccc6[nH]c([C@@]7(C(C)(C)C)C[C@H](COC(F)F)CN7C(=O)O)nc65)cc3-4)[nH]2)N1C(=O)OC(C)(C)C. The van der Waals surface area contributed by atoms with Gasteiger partial charge >= 0.3 is 18.8 Å². The number of fused-ring (bicyclic) bond motifs is 6. The van der Waals surface area contributed by atoms with Crippen LogP contribution < -0.4 is 4.74 Å². The number of amides is 2. The maximum atomic E-state index is 13.1. The van der Waals surface area contributed by atoms with E-state index in [9.17, 15) is 23.5 Å². The van der Waals surface area contributed by atoms with E-state index in [-0.39, 0.29) is 37.7 Å². The Morgan fingerprint density at radius 3 is 2.55 bits per heavy atom. The van der Waals surface area contributed by atoms with Gasteiger partial charge in [-0.3, -0.25) is 9.80 Å². The number of nitrogens with zero attached hydrogens (tertiary/aromatic N) is 4. The predicted octanol–water partition coefficient (Wildman–Crippen LogP) is 9.61. The summed E-state index contributed by atoms with van der Waals surface area (Å²) < 4.78 is 42.8. The summed E-state index contributed by atoms with van der Waals surface area (Å²) in [6, 6.07) is 14.1. The number of halogens is 2. The number of carboxylic acid groups (broad SMARTS) is 1. The van der Waals surface area contributed by atoms with Crippen molar-refractivity contribution in [2.45, 2.75) is 104 Å². The molecule has 2 aromatic heterocycles. The molecule has 0 unspecified atom stereocenters. The van der Waals surface area contributed by atoms with Crippen LogP contribution in [-0.4, -0.2) is 78.4 Å². The van der Waals surface area contributed by atoms with Gasteiger partial charge in [0.05, 0.1) is 35.6 Å². The number of benzene rings is 3. The van der Waals surface area contributed by atoms with E-state index in [1.807, 2.05) is 72.9 Å². The second-order valence-electron chi connectivity index (χ2n) is 17.5. The molecule has 3 aromatic carbocycles. The lowest BCUT2D eigenvalue weighted by atomic mass is 9.70. The van der Waals surface area contributed by atoms with Crippen LogP contribution in [0.25, 0.3) is 44.2 Å². The number of carbonyl (C=O) groups is 2. The van der Waals surface area contributed by atoms with Gasteiger partial charge < -0.3 is 29.3 Å². The monoisotopic (exact) mass is 770 g/mol. The summed E-state index contributed by atoms with van der Waals surface area (Å²) >= 11 is 0. The third-order valence-corrected chi connectivity index (χ3v) is 11.6. The van der Waals surface area contributed by atoms with Gasteiger partial charge in [-0.1, -0.05) is 39.0 Å². The summed E-state index contributed by atoms with van der Waals surface area (Å²) in [5, 5.41) is 12.2. The van der Waals surface area contributed by atoms with E-state index in [1.165, 1.54) is 4.90 Å². The fourth-order valence-electron chi connectivity index (χ4n) is 9.04. The second kappa shape index (κ2) is 13.5. The molecule has 8 rings (SSSR count). The lowest BCUT2D eigenvalue weighted by Crippen LogP contribution is -2.53. The third kappa shape index (κ3) is 6.41. The summed E-state index contributed by atoms with van der Waals surface area (Å²) in [4.78, 5) is 45.7. The number of hydrogen-bond donors (Lipinski definition) is 3. The van der Waals surface area contributed by atoms with E-state index in [0.717, 1.165) is 62.9 Å². The molecule has 2 amide bonds. The van der Waals surface area contributed by atoms with Crippen LogP contribution in [0.4, 0.5) is 18.4 Å². The van der Waals surface area contributed by atoms with Crippen molar-refractivity contribution < 1.29 is 37.7 Å². The molecule has 3 aliphatic heterocycles. The van der Waals surface area contributed by atoms with Crippen molar-refractivity contribution in [1.82, 2.24) is 29.7 Å². The summed E-state index contributed by atoms with van der Waals surface area (Å²) in [5.74, 6) is 1.46. The number of imidazole rings is 2. The molecule has 14 heteroatoms. The average molecular weight is 771 g/mol. The van der Waals surface area contributed by atoms with Crippen LogP contribution >= 0.6 is 0 Å². The molecule has 3 aliphatic rings. The van der Waals surface area contributed by atoms with Crippen molar-refractivity contribution in [3.05, 3.63) is 65.9 Å². The Hall–Kier alpha value is -5.24. The number of carbonyl (C=O) groups excluding carboxylic acids is 1. The molecular weight excluding hydrogens is 722 g/mol. The molecule has 4 atom stereocenters. The number of alkyl halides is 2. The van der Waals surface area contributed by atoms with E-state index >= 15 is 0 Å². The van der Waals surface area contributed by atoms with Crippen LogP contribution in [0.1, 0.15) is 91.0 Å². The smallest absolute Gasteiger partial charge is 0.411 e. The van der Waals surface area contributed by atoms with Crippen LogP contribution in [-0.2, 0) is 21.6 Å². The Labute approximate surface area is 323 Å². The second-order valence-corrected chi connectivity index (χ2v) is 17.5. The van der Waals surface area contributed by atoms with Crippen molar-refractivity contribution in [3.63, 3.8) is 0 Å². The molecule has 0 spiro atoms. The van der Waals surface area contributed by atoms with Crippen molar-refractivity contribution in [2.75, 3.05) is 13.2 Å². The molecule has 0 saturated carbocycles. The fraction of sp³-hybridized carbons (Fsp3) is 0.476. The van der Waals surface area contributed by atoms with Crippen molar-refractivity contribution in [2.24, 2.45) is 11.3 Å². The van der Waals surface area contributed by atoms with Crippen molar-refractivity contribution in [3.8, 4) is 28.1 Å². The van der Waals surface area contributed by atoms with Crippen LogP contribution in [0.2, 0.25) is 0 Å². The zero-order valence-corrected chi connectivity index (χ0v) is 32.7. The lowest BCUT2D eigenvalue weighted by Gasteiger charge is -2.45. The van der Waals surface area contributed by atoms with Gasteiger partial charge in [0.25, 0.3) is 0 Å². The molecular formula is C42H48F2N6O6. The first-order valence-electron chi connectivity index (χ1n) is 19.1. The molecule has 2 fully saturated rings. The topological polar surface area (TPSA) is 146 Å². The van der Waals surface area contributed by atoms with E-state index in [0.29, 0.717) is 23.7 Å². The number of rotatable bonds is 6. The van der Waals surface area contributed by atoms with Gasteiger partial charge in [0.2, 0.25) is 0 Å². The highest BCUT2D eigenvalue weighted by Crippen LogP contribution is 2.53. The van der Waals surface area contributed by atoms with Crippen LogP contribution in [0.5, 0.6) is 5.75 Å². The largest absolute Gasteiger partial charge is 0.488 e. The van der Waals surface area contributed by atoms with Crippen LogP contribution in [0.3, 0.4) is 0 Å². The maximum Gasteiger partial charge on any atom is 0.411 e. The number of H-pyrrole nitrogens is 2. The standard InChI is InChI=1S/C42H48F2N6O6/c1-22-8-13-32(50(22)39(53)56-41(5,6)7)35-45-18-31(46-35)25-9-11-27-26(14-25)21-54-33-16-28-24(15-29(27)33)10-12-30-34(28)48-36(47-30)42(40(2,3)4)17-23(20-55-37(43)44)19-49(42)38(51)52/h9-12,14-16,18,22-23,32,37H,8,13,17,19-21H2,1-7H3,(H,45,46)(H,47,48)(H,51,52)/t22-,23-,32-,42+/m0/s1. The highest BCUT2D eigenvalue weighted by atomic mass is 19.3. The molecule has 5 aromatic rings. The summed E-state index contributed by atoms with van der Waals surface area (Å²) in [7, 11) is 0. The van der Waals surface area contributed by atoms with E-state index in [1.54, 1.807) is 4.90 Å². The molecule has 12 nitrogen and oxygen atoms in total. The summed E-state index contributed by atoms with van der Waals surface area (Å²) in [6.45, 7) is 10.7. The van der Waals surface area contributed by atoms with Gasteiger partial charge in [-0.2, -0.15) is 8.78 Å².